The largest absolute Gasteiger partial charge is 0.447 e. The van der Waals surface area contributed by atoms with E-state index in [2.05, 4.69) is 11.4 Å². The summed E-state index contributed by atoms with van der Waals surface area (Å²) in [5.74, 6) is -2.00. The molecule has 1 aromatic rings. The molecule has 0 radical (unpaired) electrons. The molecule has 136 valence electrons. The van der Waals surface area contributed by atoms with Crippen molar-refractivity contribution in [1.82, 2.24) is 5.32 Å². The number of nitrogens with zero attached hydrogens (tertiary/aromatic N) is 1. The Kier molecular flexibility index (Phi) is 5.49. The van der Waals surface area contributed by atoms with Gasteiger partial charge in [-0.2, -0.15) is 5.26 Å². The topological polar surface area (TPSA) is 152 Å². The lowest BCUT2D eigenvalue weighted by molar-refractivity contribution is -0.130. The van der Waals surface area contributed by atoms with Crippen LogP contribution in [0.15, 0.2) is 21.6 Å². The number of rotatable bonds is 5. The van der Waals surface area contributed by atoms with E-state index < -0.39 is 44.4 Å². The third kappa shape index (κ3) is 4.58. The van der Waals surface area contributed by atoms with Gasteiger partial charge in [0.05, 0.1) is 6.07 Å². The highest BCUT2D eigenvalue weighted by Crippen LogP contribution is 2.27. The fourth-order valence-corrected chi connectivity index (χ4v) is 3.08. The first-order valence-corrected chi connectivity index (χ1v) is 9.28. The Morgan fingerprint density at radius 3 is 2.52 bits per heavy atom. The van der Waals surface area contributed by atoms with Crippen molar-refractivity contribution >= 4 is 21.9 Å². The molecule has 25 heavy (non-hydrogen) atoms. The molecule has 1 aromatic heterocycles. The molecule has 0 bridgehead atoms. The summed E-state index contributed by atoms with van der Waals surface area (Å²) in [6, 6.07) is 4.24. The van der Waals surface area contributed by atoms with Crippen molar-refractivity contribution in [3.8, 4) is 6.07 Å². The maximum absolute atomic E-state index is 12.2. The molecule has 1 saturated carbocycles. The number of ether oxygens (including phenoxy) is 1. The van der Waals surface area contributed by atoms with Crippen molar-refractivity contribution in [2.75, 3.05) is 0 Å². The summed E-state index contributed by atoms with van der Waals surface area (Å²) >= 11 is 0. The number of primary sulfonamides is 1. The number of nitrogens with one attached hydrogen (secondary N) is 1. The van der Waals surface area contributed by atoms with Gasteiger partial charge in [0.25, 0.3) is 15.9 Å². The first kappa shape index (κ1) is 19.0. The summed E-state index contributed by atoms with van der Waals surface area (Å²) in [6.07, 6.45) is 2.60. The van der Waals surface area contributed by atoms with Crippen molar-refractivity contribution < 1.29 is 27.2 Å². The van der Waals surface area contributed by atoms with Crippen molar-refractivity contribution in [2.24, 2.45) is 5.14 Å². The van der Waals surface area contributed by atoms with Gasteiger partial charge in [0.1, 0.15) is 5.54 Å². The molecule has 1 fully saturated rings. The van der Waals surface area contributed by atoms with Crippen LogP contribution >= 0.6 is 0 Å². The summed E-state index contributed by atoms with van der Waals surface area (Å²) < 4.78 is 32.0. The molecule has 0 aromatic carbocycles. The van der Waals surface area contributed by atoms with Gasteiger partial charge in [-0.05, 0) is 31.9 Å². The van der Waals surface area contributed by atoms with Gasteiger partial charge in [0.2, 0.25) is 10.9 Å². The van der Waals surface area contributed by atoms with Gasteiger partial charge < -0.3 is 14.5 Å². The van der Waals surface area contributed by atoms with E-state index in [1.165, 1.54) is 6.92 Å². The van der Waals surface area contributed by atoms with Crippen LogP contribution in [0.3, 0.4) is 0 Å². The van der Waals surface area contributed by atoms with Crippen LogP contribution < -0.4 is 10.5 Å². The van der Waals surface area contributed by atoms with Gasteiger partial charge in [-0.25, -0.2) is 18.4 Å². The van der Waals surface area contributed by atoms with Crippen molar-refractivity contribution in [3.05, 3.63) is 17.9 Å². The lowest BCUT2D eigenvalue weighted by Gasteiger charge is -2.32. The molecule has 10 heteroatoms. The van der Waals surface area contributed by atoms with Crippen LogP contribution in [0.2, 0.25) is 0 Å². The molecule has 0 saturated heterocycles. The zero-order chi connectivity index (χ0) is 18.7. The zero-order valence-corrected chi connectivity index (χ0v) is 14.5. The predicted molar refractivity (Wildman–Crippen MR) is 84.5 cm³/mol. The quantitative estimate of drug-likeness (QED) is 0.728. The van der Waals surface area contributed by atoms with E-state index in [0.29, 0.717) is 12.8 Å². The van der Waals surface area contributed by atoms with E-state index in [-0.39, 0.29) is 0 Å². The Bertz CT molecular complexity index is 801. The Hall–Kier alpha value is -2.38. The third-order valence-electron chi connectivity index (χ3n) is 4.00. The molecular weight excluding hydrogens is 350 g/mol. The molecule has 1 aliphatic rings. The smallest absolute Gasteiger partial charge is 0.375 e. The minimum Gasteiger partial charge on any atom is -0.447 e. The lowest BCUT2D eigenvalue weighted by Crippen LogP contribution is -2.52. The molecule has 9 nitrogen and oxygen atoms in total. The van der Waals surface area contributed by atoms with E-state index >= 15 is 0 Å². The number of hydrogen-bond acceptors (Lipinski definition) is 7. The minimum absolute atomic E-state index is 0.392. The molecule has 0 aliphatic heterocycles. The highest BCUT2D eigenvalue weighted by molar-refractivity contribution is 7.89. The Morgan fingerprint density at radius 2 is 2.00 bits per heavy atom. The molecule has 1 aliphatic carbocycles. The van der Waals surface area contributed by atoms with Gasteiger partial charge >= 0.3 is 5.97 Å². The number of esters is 1. The Morgan fingerprint density at radius 1 is 1.36 bits per heavy atom. The molecule has 0 spiro atoms. The summed E-state index contributed by atoms with van der Waals surface area (Å²) in [6.45, 7) is 1.35. The molecule has 2 rings (SSSR count). The van der Waals surface area contributed by atoms with Crippen LogP contribution in [0.4, 0.5) is 0 Å². The van der Waals surface area contributed by atoms with Crippen LogP contribution in [0.1, 0.15) is 49.6 Å². The van der Waals surface area contributed by atoms with E-state index in [1.807, 2.05) is 0 Å². The maximum atomic E-state index is 12.2. The standard InChI is InChI=1S/C15H19N3O6S/c1-10(13(19)18-15(9-16)7-3-2-4-8-15)23-14(20)11-5-6-12(24-11)25(17,21)22/h5-6,10H,2-4,7-8H2,1H3,(H,18,19)(H2,17,21,22). The van der Waals surface area contributed by atoms with Crippen LogP contribution in [0, 0.1) is 11.3 Å². The molecule has 3 N–H and O–H groups in total. The number of nitriles is 1. The van der Waals surface area contributed by atoms with Crippen molar-refractivity contribution in [3.63, 3.8) is 0 Å². The molecule has 1 amide bonds. The number of carbonyl (C=O) groups is 2. The normalized spacial score (nSPS) is 18.0. The molecular formula is C15H19N3O6S. The lowest BCUT2D eigenvalue weighted by atomic mass is 9.83. The van der Waals surface area contributed by atoms with E-state index in [4.69, 9.17) is 14.3 Å². The first-order valence-electron chi connectivity index (χ1n) is 7.74. The highest BCUT2D eigenvalue weighted by atomic mass is 32.2. The van der Waals surface area contributed by atoms with Crippen molar-refractivity contribution in [2.45, 2.75) is 55.8 Å². The number of sulfonamides is 1. The summed E-state index contributed by atoms with van der Waals surface area (Å²) in [5, 5.41) is 16.3. The summed E-state index contributed by atoms with van der Waals surface area (Å²) in [7, 11) is -4.08. The fourth-order valence-electron chi connectivity index (χ4n) is 2.61. The molecule has 1 heterocycles. The van der Waals surface area contributed by atoms with Gasteiger partial charge in [0, 0.05) is 0 Å². The second-order valence-electron chi connectivity index (χ2n) is 5.96. The first-order chi connectivity index (χ1) is 11.7. The number of nitrogens with two attached hydrogens (primary N) is 1. The van der Waals surface area contributed by atoms with Crippen LogP contribution in [-0.4, -0.2) is 31.9 Å². The van der Waals surface area contributed by atoms with Crippen molar-refractivity contribution in [1.29, 1.82) is 5.26 Å². The van der Waals surface area contributed by atoms with E-state index in [9.17, 15) is 23.3 Å². The molecule has 1 atom stereocenters. The average molecular weight is 369 g/mol. The van der Waals surface area contributed by atoms with Gasteiger partial charge in [-0.3, -0.25) is 4.79 Å². The van der Waals surface area contributed by atoms with Crippen LogP contribution in [0.25, 0.3) is 0 Å². The fraction of sp³-hybridized carbons (Fsp3) is 0.533. The van der Waals surface area contributed by atoms with Crippen LogP contribution in [0.5, 0.6) is 0 Å². The van der Waals surface area contributed by atoms with Gasteiger partial charge in [0.15, 0.2) is 6.10 Å². The number of hydrogen-bond donors (Lipinski definition) is 2. The maximum Gasteiger partial charge on any atom is 0.375 e. The van der Waals surface area contributed by atoms with Gasteiger partial charge in [-0.15, -0.1) is 0 Å². The second-order valence-corrected chi connectivity index (χ2v) is 7.45. The summed E-state index contributed by atoms with van der Waals surface area (Å²) in [5.41, 5.74) is -0.943. The Labute approximate surface area is 145 Å². The predicted octanol–water partition coefficient (Wildman–Crippen LogP) is 0.815. The van der Waals surface area contributed by atoms with Crippen LogP contribution in [-0.2, 0) is 19.6 Å². The van der Waals surface area contributed by atoms with Gasteiger partial charge in [-0.1, -0.05) is 19.3 Å². The number of carbonyl (C=O) groups excluding carboxylic acids is 2. The highest BCUT2D eigenvalue weighted by Gasteiger charge is 2.35. The second kappa shape index (κ2) is 7.25. The third-order valence-corrected chi connectivity index (χ3v) is 4.78. The monoisotopic (exact) mass is 369 g/mol. The van der Waals surface area contributed by atoms with E-state index in [1.54, 1.807) is 0 Å². The number of furan rings is 1. The summed E-state index contributed by atoms with van der Waals surface area (Å²) in [4.78, 5) is 24.2. The molecule has 1 unspecified atom stereocenters. The average Bonchev–Trinajstić information content (AvgIpc) is 3.06. The zero-order valence-electron chi connectivity index (χ0n) is 13.6. The minimum atomic E-state index is -4.08. The Balaban J connectivity index is 1.99. The van der Waals surface area contributed by atoms with E-state index in [0.717, 1.165) is 31.4 Å². The SMILES string of the molecule is CC(OC(=O)c1ccc(S(N)(=O)=O)o1)C(=O)NC1(C#N)CCCCC1. The number of amides is 1.